The van der Waals surface area contributed by atoms with Crippen LogP contribution in [0.2, 0.25) is 5.02 Å². The minimum atomic E-state index is -3.70. The Bertz CT molecular complexity index is 468. The Hall–Kier alpha value is -0.450. The molecule has 1 N–H and O–H groups in total. The van der Waals surface area contributed by atoms with Crippen molar-refractivity contribution in [3.63, 3.8) is 0 Å². The molecule has 0 radical (unpaired) electrons. The average molecular weight is 269 g/mol. The standard InChI is InChI=1S/C9H10Cl2O3S/c1-5-3-8(10)9(12)7(6(5)2)4-15(11,13)14/h3,12H,4H2,1-2H3. The van der Waals surface area contributed by atoms with Gasteiger partial charge in [-0.3, -0.25) is 0 Å². The third kappa shape index (κ3) is 3.00. The minimum Gasteiger partial charge on any atom is -0.506 e. The summed E-state index contributed by atoms with van der Waals surface area (Å²) in [5.74, 6) is -0.642. The molecule has 0 bridgehead atoms. The number of rotatable bonds is 2. The molecule has 0 amide bonds. The maximum Gasteiger partial charge on any atom is 0.236 e. The van der Waals surface area contributed by atoms with E-state index in [4.69, 9.17) is 22.3 Å². The quantitative estimate of drug-likeness (QED) is 0.840. The monoisotopic (exact) mass is 268 g/mol. The lowest BCUT2D eigenvalue weighted by atomic mass is 10.0. The second kappa shape index (κ2) is 4.20. The largest absolute Gasteiger partial charge is 0.506 e. The van der Waals surface area contributed by atoms with Crippen LogP contribution in [0, 0.1) is 13.8 Å². The average Bonchev–Trinajstić information content (AvgIpc) is 2.08. The SMILES string of the molecule is Cc1cc(Cl)c(O)c(CS(=O)(=O)Cl)c1C. The summed E-state index contributed by atoms with van der Waals surface area (Å²) in [6.45, 7) is 3.49. The molecule has 84 valence electrons. The van der Waals surface area contributed by atoms with Gasteiger partial charge in [0, 0.05) is 16.2 Å². The molecule has 1 aromatic carbocycles. The number of hydrogen-bond acceptors (Lipinski definition) is 3. The van der Waals surface area contributed by atoms with Gasteiger partial charge < -0.3 is 5.11 Å². The molecule has 1 aromatic rings. The van der Waals surface area contributed by atoms with Gasteiger partial charge in [-0.15, -0.1) is 0 Å². The number of halogens is 2. The van der Waals surface area contributed by atoms with Gasteiger partial charge in [0.25, 0.3) is 0 Å². The molecule has 0 atom stereocenters. The van der Waals surface area contributed by atoms with E-state index in [-0.39, 0.29) is 16.3 Å². The summed E-state index contributed by atoms with van der Waals surface area (Å²) in [6.07, 6.45) is 0. The van der Waals surface area contributed by atoms with E-state index in [9.17, 15) is 13.5 Å². The van der Waals surface area contributed by atoms with E-state index >= 15 is 0 Å². The second-order valence-corrected chi connectivity index (χ2v) is 6.49. The lowest BCUT2D eigenvalue weighted by Crippen LogP contribution is -2.00. The first-order valence-electron chi connectivity index (χ1n) is 4.12. The van der Waals surface area contributed by atoms with Crippen LogP contribution < -0.4 is 0 Å². The molecule has 0 aliphatic heterocycles. The summed E-state index contributed by atoms with van der Waals surface area (Å²) in [7, 11) is 1.43. The first kappa shape index (κ1) is 12.6. The highest BCUT2D eigenvalue weighted by molar-refractivity contribution is 8.13. The number of aromatic hydroxyl groups is 1. The number of hydrogen-bond donors (Lipinski definition) is 1. The van der Waals surface area contributed by atoms with E-state index in [2.05, 4.69) is 0 Å². The first-order chi connectivity index (χ1) is 6.72. The van der Waals surface area contributed by atoms with Crippen molar-refractivity contribution in [2.24, 2.45) is 0 Å². The van der Waals surface area contributed by atoms with Crippen LogP contribution in [0.15, 0.2) is 6.07 Å². The van der Waals surface area contributed by atoms with Crippen LogP contribution in [-0.4, -0.2) is 13.5 Å². The van der Waals surface area contributed by atoms with Gasteiger partial charge in [-0.05, 0) is 31.0 Å². The smallest absolute Gasteiger partial charge is 0.236 e. The van der Waals surface area contributed by atoms with Crippen molar-refractivity contribution < 1.29 is 13.5 Å². The molecule has 0 saturated carbocycles. The third-order valence-electron chi connectivity index (χ3n) is 2.22. The zero-order valence-electron chi connectivity index (χ0n) is 8.21. The van der Waals surface area contributed by atoms with Gasteiger partial charge in [0.1, 0.15) is 5.75 Å². The molecular weight excluding hydrogens is 259 g/mol. The summed E-state index contributed by atoms with van der Waals surface area (Å²) in [6, 6.07) is 1.58. The molecule has 0 unspecified atom stereocenters. The van der Waals surface area contributed by atoms with Gasteiger partial charge in [0.05, 0.1) is 10.8 Å². The molecule has 0 saturated heterocycles. The highest BCUT2D eigenvalue weighted by atomic mass is 35.7. The van der Waals surface area contributed by atoms with E-state index in [1.807, 2.05) is 0 Å². The summed E-state index contributed by atoms with van der Waals surface area (Å²) in [4.78, 5) is 0. The molecule has 0 aromatic heterocycles. The van der Waals surface area contributed by atoms with Gasteiger partial charge in [-0.1, -0.05) is 11.6 Å². The summed E-state index contributed by atoms with van der Waals surface area (Å²) in [5, 5.41) is 9.74. The van der Waals surface area contributed by atoms with Crippen LogP contribution >= 0.6 is 22.3 Å². The van der Waals surface area contributed by atoms with Gasteiger partial charge in [0.2, 0.25) is 9.05 Å². The Morgan fingerprint density at radius 3 is 2.40 bits per heavy atom. The fourth-order valence-corrected chi connectivity index (χ4v) is 2.58. The highest BCUT2D eigenvalue weighted by Crippen LogP contribution is 2.33. The first-order valence-corrected chi connectivity index (χ1v) is 6.98. The Morgan fingerprint density at radius 2 is 1.93 bits per heavy atom. The fourth-order valence-electron chi connectivity index (χ4n) is 1.28. The van der Waals surface area contributed by atoms with Crippen molar-refractivity contribution in [2.75, 3.05) is 0 Å². The predicted molar refractivity (Wildman–Crippen MR) is 61.1 cm³/mol. The van der Waals surface area contributed by atoms with Crippen LogP contribution in [0.4, 0.5) is 0 Å². The zero-order valence-corrected chi connectivity index (χ0v) is 10.5. The lowest BCUT2D eigenvalue weighted by Gasteiger charge is -2.11. The van der Waals surface area contributed by atoms with Crippen molar-refractivity contribution >= 4 is 31.3 Å². The molecule has 1 rings (SSSR count). The van der Waals surface area contributed by atoms with Crippen LogP contribution in [0.1, 0.15) is 16.7 Å². The van der Waals surface area contributed by atoms with Gasteiger partial charge in [0.15, 0.2) is 0 Å². The van der Waals surface area contributed by atoms with Crippen molar-refractivity contribution in [2.45, 2.75) is 19.6 Å². The topological polar surface area (TPSA) is 54.4 Å². The molecule has 0 heterocycles. The predicted octanol–water partition coefficient (Wildman–Crippen LogP) is 2.73. The lowest BCUT2D eigenvalue weighted by molar-refractivity contribution is 0.469. The van der Waals surface area contributed by atoms with E-state index in [1.54, 1.807) is 19.9 Å². The van der Waals surface area contributed by atoms with Crippen LogP contribution in [0.25, 0.3) is 0 Å². The highest BCUT2D eigenvalue weighted by Gasteiger charge is 2.17. The molecule has 15 heavy (non-hydrogen) atoms. The Balaban J connectivity index is 3.40. The number of benzene rings is 1. The van der Waals surface area contributed by atoms with Gasteiger partial charge in [-0.2, -0.15) is 0 Å². The summed E-state index contributed by atoms with van der Waals surface area (Å²) in [5.41, 5.74) is 1.75. The second-order valence-electron chi connectivity index (χ2n) is 3.31. The maximum absolute atomic E-state index is 10.9. The van der Waals surface area contributed by atoms with Crippen molar-refractivity contribution in [3.05, 3.63) is 27.8 Å². The molecule has 6 heteroatoms. The van der Waals surface area contributed by atoms with E-state index in [0.29, 0.717) is 5.56 Å². The Morgan fingerprint density at radius 1 is 1.40 bits per heavy atom. The number of phenolic OH excluding ortho intramolecular Hbond substituents is 1. The summed E-state index contributed by atoms with van der Waals surface area (Å²) < 4.78 is 21.9. The van der Waals surface area contributed by atoms with E-state index in [1.165, 1.54) is 0 Å². The minimum absolute atomic E-state index is 0.133. The van der Waals surface area contributed by atoms with Crippen LogP contribution in [0.3, 0.4) is 0 Å². The molecule has 3 nitrogen and oxygen atoms in total. The van der Waals surface area contributed by atoms with Crippen LogP contribution in [-0.2, 0) is 14.8 Å². The molecule has 0 aliphatic rings. The number of aryl methyl sites for hydroxylation is 1. The van der Waals surface area contributed by atoms with Gasteiger partial charge in [-0.25, -0.2) is 8.42 Å². The zero-order chi connectivity index (χ0) is 11.8. The molecule has 0 fully saturated rings. The van der Waals surface area contributed by atoms with E-state index < -0.39 is 14.8 Å². The Labute approximate surface area is 98.1 Å². The third-order valence-corrected chi connectivity index (χ3v) is 3.47. The summed E-state index contributed by atoms with van der Waals surface area (Å²) >= 11 is 5.73. The molecular formula is C9H10Cl2O3S. The fraction of sp³-hybridized carbons (Fsp3) is 0.333. The Kier molecular flexibility index (Phi) is 3.53. The maximum atomic E-state index is 10.9. The van der Waals surface area contributed by atoms with Crippen molar-refractivity contribution in [3.8, 4) is 5.75 Å². The van der Waals surface area contributed by atoms with E-state index in [0.717, 1.165) is 5.56 Å². The number of phenols is 1. The van der Waals surface area contributed by atoms with Crippen molar-refractivity contribution in [1.29, 1.82) is 0 Å². The van der Waals surface area contributed by atoms with Crippen LogP contribution in [0.5, 0.6) is 5.75 Å². The normalized spacial score (nSPS) is 11.7. The molecule has 0 aliphatic carbocycles. The van der Waals surface area contributed by atoms with Gasteiger partial charge >= 0.3 is 0 Å². The molecule has 0 spiro atoms. The van der Waals surface area contributed by atoms with Crippen molar-refractivity contribution in [1.82, 2.24) is 0 Å².